The van der Waals surface area contributed by atoms with Gasteiger partial charge in [-0.3, -0.25) is 9.20 Å². The second-order valence-corrected chi connectivity index (χ2v) is 14.4. The Morgan fingerprint density at radius 1 is 1.17 bits per heavy atom. The lowest BCUT2D eigenvalue weighted by Crippen LogP contribution is -2.53. The average molecular weight is 471 g/mol. The number of nitrogens with zero attached hydrogens (tertiary/aromatic N) is 2. The van der Waals surface area contributed by atoms with Crippen LogP contribution >= 0.6 is 0 Å². The van der Waals surface area contributed by atoms with Crippen molar-refractivity contribution in [2.45, 2.75) is 70.6 Å². The van der Waals surface area contributed by atoms with Gasteiger partial charge in [0.2, 0.25) is 9.76 Å². The van der Waals surface area contributed by atoms with E-state index >= 15 is 0 Å². The van der Waals surface area contributed by atoms with E-state index in [2.05, 4.69) is 13.8 Å². The third kappa shape index (κ3) is 5.02. The van der Waals surface area contributed by atoms with Gasteiger partial charge in [-0.05, 0) is 70.0 Å². The minimum absolute atomic E-state index is 0.175. The van der Waals surface area contributed by atoms with Crippen molar-refractivity contribution in [1.29, 1.82) is 0 Å². The molecule has 2 atom stereocenters. The fourth-order valence-corrected chi connectivity index (χ4v) is 7.23. The molecule has 11 heteroatoms. The van der Waals surface area contributed by atoms with Crippen molar-refractivity contribution in [3.8, 4) is 5.75 Å². The van der Waals surface area contributed by atoms with Crippen LogP contribution in [0.4, 0.5) is 0 Å². The Morgan fingerprint density at radius 2 is 1.73 bits per heavy atom. The van der Waals surface area contributed by atoms with E-state index in [0.717, 1.165) is 16.4 Å². The van der Waals surface area contributed by atoms with Crippen LogP contribution in [0.2, 0.25) is 11.1 Å². The molecule has 0 saturated carbocycles. The van der Waals surface area contributed by atoms with Crippen molar-refractivity contribution in [2.24, 2.45) is 0 Å². The fraction of sp³-hybridized carbons (Fsp3) is 0.632. The monoisotopic (exact) mass is 470 g/mol. The van der Waals surface area contributed by atoms with Crippen molar-refractivity contribution in [3.05, 3.63) is 35.0 Å². The number of amidine groups is 1. The van der Waals surface area contributed by atoms with Gasteiger partial charge in [0.15, 0.2) is 15.3 Å². The molecule has 1 heterocycles. The van der Waals surface area contributed by atoms with Gasteiger partial charge < -0.3 is 18.2 Å². The van der Waals surface area contributed by atoms with Gasteiger partial charge in [0.25, 0.3) is 0 Å². The molecule has 0 aliphatic carbocycles. The zero-order valence-corrected chi connectivity index (χ0v) is 22.8. The van der Waals surface area contributed by atoms with Crippen LogP contribution < -0.4 is 4.43 Å². The summed E-state index contributed by atoms with van der Waals surface area (Å²) in [5.74, 6) is 0.578. The van der Waals surface area contributed by atoms with E-state index in [4.69, 9.17) is 13.0 Å². The summed E-state index contributed by atoms with van der Waals surface area (Å²) >= 11 is 0. The number of hydroxylamine groups is 3. The summed E-state index contributed by atoms with van der Waals surface area (Å²) < 4.78 is 29.6. The Hall–Kier alpha value is -1.54. The van der Waals surface area contributed by atoms with Crippen LogP contribution in [0, 0.1) is 5.21 Å². The van der Waals surface area contributed by atoms with Gasteiger partial charge in [0, 0.05) is 6.61 Å². The molecular formula is C19H34N2O6Si3. The summed E-state index contributed by atoms with van der Waals surface area (Å²) in [6.45, 7) is 14.2. The highest BCUT2D eigenvalue weighted by Gasteiger charge is 2.58. The van der Waals surface area contributed by atoms with E-state index in [1.54, 1.807) is 38.1 Å². The van der Waals surface area contributed by atoms with Crippen molar-refractivity contribution < 1.29 is 27.4 Å². The first-order valence-corrected chi connectivity index (χ1v) is 14.3. The number of benzene rings is 1. The first-order chi connectivity index (χ1) is 13.9. The zero-order valence-electron chi connectivity index (χ0n) is 19.0. The van der Waals surface area contributed by atoms with Gasteiger partial charge in [-0.2, -0.15) is 0 Å². The highest BCUT2D eigenvalue weighted by Crippen LogP contribution is 2.37. The van der Waals surface area contributed by atoms with E-state index in [9.17, 15) is 14.9 Å². The molecule has 0 aromatic heterocycles. The van der Waals surface area contributed by atoms with Crippen molar-refractivity contribution >= 4 is 34.5 Å². The van der Waals surface area contributed by atoms with E-state index in [1.807, 2.05) is 20.8 Å². The molecule has 0 radical (unpaired) electrons. The maximum absolute atomic E-state index is 12.8. The van der Waals surface area contributed by atoms with E-state index in [1.165, 1.54) is 0 Å². The molecule has 30 heavy (non-hydrogen) atoms. The topological polar surface area (TPSA) is 94.3 Å². The molecular weight excluding hydrogens is 436 g/mol. The third-order valence-corrected chi connectivity index (χ3v) is 12.2. The minimum atomic E-state index is -2.63. The summed E-state index contributed by atoms with van der Waals surface area (Å²) in [4.78, 5) is 0. The summed E-state index contributed by atoms with van der Waals surface area (Å²) in [7, 11) is -4.21. The van der Waals surface area contributed by atoms with E-state index in [-0.39, 0.29) is 5.84 Å². The third-order valence-electron chi connectivity index (χ3n) is 6.26. The number of hydrogen-bond donors (Lipinski definition) is 1. The lowest BCUT2D eigenvalue weighted by Gasteiger charge is -2.33. The second-order valence-electron chi connectivity index (χ2n) is 8.85. The molecule has 1 aromatic rings. The molecule has 0 bridgehead atoms. The standard InChI is InChI=1S/C19H34N2O6Si3/c1-8-25-28-13(2)14(3)29-27-30(24)26-16-11-9-15(10-12-16)17-20(22)18(4,5)19(6,7)21(17)23/h9-14,22H,8,28-29H2,1-7H3. The molecule has 1 aromatic carbocycles. The molecule has 2 rings (SSSR count). The zero-order chi connectivity index (χ0) is 22.7. The van der Waals surface area contributed by atoms with Crippen LogP contribution in [0.25, 0.3) is 0 Å². The maximum atomic E-state index is 12.8. The molecule has 1 N–H and O–H groups in total. The molecule has 8 nitrogen and oxygen atoms in total. The summed E-state index contributed by atoms with van der Waals surface area (Å²) in [6.07, 6.45) is 0. The Balaban J connectivity index is 1.98. The first kappa shape index (κ1) is 24.7. The van der Waals surface area contributed by atoms with Crippen LogP contribution in [-0.2, 0) is 13.0 Å². The van der Waals surface area contributed by atoms with Crippen LogP contribution in [0.5, 0.6) is 5.75 Å². The van der Waals surface area contributed by atoms with Gasteiger partial charge in [0.1, 0.15) is 11.3 Å². The summed E-state index contributed by atoms with van der Waals surface area (Å²) in [6, 6.07) is 6.59. The largest absolute Gasteiger partial charge is 0.757 e. The predicted octanol–water partition coefficient (Wildman–Crippen LogP) is 1.84. The van der Waals surface area contributed by atoms with Crippen LogP contribution in [-0.4, -0.2) is 67.2 Å². The lowest BCUT2D eigenvalue weighted by molar-refractivity contribution is -0.539. The Bertz CT molecular complexity index is 785. The fourth-order valence-electron chi connectivity index (χ4n) is 2.99. The highest BCUT2D eigenvalue weighted by atomic mass is 28.3. The van der Waals surface area contributed by atoms with Gasteiger partial charge >= 0.3 is 15.0 Å². The number of hydrogen-bond acceptors (Lipinski definition) is 7. The van der Waals surface area contributed by atoms with Crippen LogP contribution in [0.1, 0.15) is 54.0 Å². The van der Waals surface area contributed by atoms with Gasteiger partial charge in [0.05, 0.1) is 5.56 Å². The molecule has 1 aliphatic rings. The highest BCUT2D eigenvalue weighted by molar-refractivity contribution is 6.46. The van der Waals surface area contributed by atoms with Gasteiger partial charge in [-0.15, -0.1) is 5.06 Å². The normalized spacial score (nSPS) is 20.3. The SMILES string of the molecule is CCO[SiH2]C(C)C(C)[SiH2]O[Si](=O)Oc1ccc(C2=[N+]([O-])C(C)(C)C(C)(C)N2O)cc1. The second kappa shape index (κ2) is 9.73. The quantitative estimate of drug-likeness (QED) is 0.317. The van der Waals surface area contributed by atoms with Crippen molar-refractivity contribution in [1.82, 2.24) is 5.06 Å². The van der Waals surface area contributed by atoms with Crippen LogP contribution in [0.3, 0.4) is 0 Å². The van der Waals surface area contributed by atoms with Crippen molar-refractivity contribution in [3.63, 3.8) is 0 Å². The summed E-state index contributed by atoms with van der Waals surface area (Å²) in [5.41, 5.74) is -0.153. The molecule has 0 fully saturated rings. The minimum Gasteiger partial charge on any atom is -0.714 e. The first-order valence-electron chi connectivity index (χ1n) is 10.3. The predicted molar refractivity (Wildman–Crippen MR) is 122 cm³/mol. The average Bonchev–Trinajstić information content (AvgIpc) is 2.81. The molecule has 0 amide bonds. The lowest BCUT2D eigenvalue weighted by atomic mass is 9.84. The van der Waals surface area contributed by atoms with Gasteiger partial charge in [-0.1, -0.05) is 13.8 Å². The van der Waals surface area contributed by atoms with Gasteiger partial charge in [-0.25, -0.2) is 5.21 Å². The molecule has 1 aliphatic heterocycles. The van der Waals surface area contributed by atoms with E-state index < -0.39 is 39.8 Å². The Kier molecular flexibility index (Phi) is 8.02. The molecule has 2 unspecified atom stereocenters. The number of rotatable bonds is 10. The smallest absolute Gasteiger partial charge is 0.714 e. The summed E-state index contributed by atoms with van der Waals surface area (Å²) in [5, 5.41) is 24.4. The maximum Gasteiger partial charge on any atom is 0.757 e. The molecule has 0 spiro atoms. The molecule has 0 saturated heterocycles. The van der Waals surface area contributed by atoms with Crippen molar-refractivity contribution in [2.75, 3.05) is 6.61 Å². The molecule has 168 valence electrons. The van der Waals surface area contributed by atoms with Crippen LogP contribution in [0.15, 0.2) is 24.3 Å². The van der Waals surface area contributed by atoms with E-state index in [0.29, 0.717) is 22.4 Å². The Labute approximate surface area is 185 Å². The Morgan fingerprint density at radius 3 is 2.23 bits per heavy atom.